The maximum absolute atomic E-state index is 12.9. The molecule has 0 spiro atoms. The van der Waals surface area contributed by atoms with Gasteiger partial charge in [0.2, 0.25) is 10.0 Å². The Labute approximate surface area is 151 Å². The predicted octanol–water partition coefficient (Wildman–Crippen LogP) is 2.65. The molecule has 0 amide bonds. The fourth-order valence-corrected chi connectivity index (χ4v) is 5.42. The summed E-state index contributed by atoms with van der Waals surface area (Å²) in [5.74, 6) is -0.658. The van der Waals surface area contributed by atoms with E-state index in [0.717, 1.165) is 23.4 Å². The molecule has 3 rings (SSSR count). The van der Waals surface area contributed by atoms with Crippen molar-refractivity contribution in [1.82, 2.24) is 9.29 Å². The first kappa shape index (κ1) is 18.0. The molecular weight excluding hydrogens is 360 g/mol. The first-order valence-corrected chi connectivity index (χ1v) is 10.4. The zero-order valence-corrected chi connectivity index (χ0v) is 15.5. The highest BCUT2D eigenvalue weighted by Crippen LogP contribution is 2.32. The fraction of sp³-hybridized carbons (Fsp3) is 0.412. The van der Waals surface area contributed by atoms with Crippen molar-refractivity contribution in [3.05, 3.63) is 45.9 Å². The predicted molar refractivity (Wildman–Crippen MR) is 95.4 cm³/mol. The number of sulfonamides is 1. The Hall–Kier alpha value is -1.77. The third-order valence-electron chi connectivity index (χ3n) is 4.55. The fourth-order valence-electron chi connectivity index (χ4n) is 3.09. The molecule has 1 fully saturated rings. The molecular formula is C17H20N2O4S2. The van der Waals surface area contributed by atoms with Crippen LogP contribution in [0.2, 0.25) is 0 Å². The van der Waals surface area contributed by atoms with Crippen molar-refractivity contribution in [2.45, 2.75) is 37.0 Å². The number of nitrogens with zero attached hydrogens (tertiary/aromatic N) is 2. The van der Waals surface area contributed by atoms with Crippen LogP contribution in [0.4, 0.5) is 0 Å². The second-order valence-electron chi connectivity index (χ2n) is 6.21. The summed E-state index contributed by atoms with van der Waals surface area (Å²) < 4.78 is 27.3. The maximum atomic E-state index is 12.9. The Kier molecular flexibility index (Phi) is 5.21. The topological polar surface area (TPSA) is 87.6 Å². The van der Waals surface area contributed by atoms with E-state index in [-0.39, 0.29) is 11.3 Å². The number of hydrogen-bond donors (Lipinski definition) is 1. The Morgan fingerprint density at radius 2 is 2.08 bits per heavy atom. The second kappa shape index (κ2) is 7.23. The van der Waals surface area contributed by atoms with Crippen molar-refractivity contribution in [3.63, 3.8) is 0 Å². The largest absolute Gasteiger partial charge is 0.481 e. The zero-order valence-electron chi connectivity index (χ0n) is 13.9. The molecule has 0 atom stereocenters. The summed E-state index contributed by atoms with van der Waals surface area (Å²) in [7, 11) is -3.61. The number of piperidine rings is 1. The van der Waals surface area contributed by atoms with Crippen LogP contribution in [-0.4, -0.2) is 41.9 Å². The number of thiazole rings is 1. The summed E-state index contributed by atoms with van der Waals surface area (Å²) in [6.45, 7) is 2.69. The molecule has 2 heterocycles. The van der Waals surface area contributed by atoms with Crippen molar-refractivity contribution >= 4 is 27.3 Å². The normalized spacial score (nSPS) is 16.8. The Bertz CT molecular complexity index is 855. The van der Waals surface area contributed by atoms with E-state index in [0.29, 0.717) is 24.6 Å². The Balaban J connectivity index is 1.77. The maximum Gasteiger partial charge on any atom is 0.307 e. The lowest BCUT2D eigenvalue weighted by atomic mass is 9.99. The molecule has 0 unspecified atom stereocenters. The van der Waals surface area contributed by atoms with Crippen molar-refractivity contribution in [2.75, 3.05) is 13.1 Å². The average Bonchev–Trinajstić information content (AvgIpc) is 3.11. The van der Waals surface area contributed by atoms with Gasteiger partial charge in [0.25, 0.3) is 0 Å². The van der Waals surface area contributed by atoms with Crippen LogP contribution < -0.4 is 0 Å². The van der Waals surface area contributed by atoms with Crippen LogP contribution in [0.15, 0.2) is 34.7 Å². The second-order valence-corrected chi connectivity index (χ2v) is 9.07. The third kappa shape index (κ3) is 3.91. The summed E-state index contributed by atoms with van der Waals surface area (Å²) in [4.78, 5) is 15.5. The Morgan fingerprint density at radius 3 is 2.68 bits per heavy atom. The minimum absolute atomic E-state index is 0.169. The van der Waals surface area contributed by atoms with Gasteiger partial charge in [-0.3, -0.25) is 4.79 Å². The molecule has 134 valence electrons. The van der Waals surface area contributed by atoms with Gasteiger partial charge in [-0.05, 0) is 43.0 Å². The van der Waals surface area contributed by atoms with Gasteiger partial charge in [-0.25, -0.2) is 13.4 Å². The third-order valence-corrected chi connectivity index (χ3v) is 7.39. The van der Waals surface area contributed by atoms with Crippen LogP contribution in [0.3, 0.4) is 0 Å². The molecule has 1 aliphatic rings. The van der Waals surface area contributed by atoms with Crippen LogP contribution in [0, 0.1) is 6.92 Å². The monoisotopic (exact) mass is 380 g/mol. The SMILES string of the molecule is Cc1ccc(S(=O)(=O)N2CCC(c3nccs3)CC2)cc1CC(=O)O. The minimum Gasteiger partial charge on any atom is -0.481 e. The Morgan fingerprint density at radius 1 is 1.36 bits per heavy atom. The summed E-state index contributed by atoms with van der Waals surface area (Å²) in [5, 5.41) is 12.0. The number of benzene rings is 1. The van der Waals surface area contributed by atoms with Gasteiger partial charge in [0.05, 0.1) is 16.3 Å². The highest BCUT2D eigenvalue weighted by Gasteiger charge is 2.31. The van der Waals surface area contributed by atoms with Gasteiger partial charge < -0.3 is 5.11 Å². The first-order valence-electron chi connectivity index (χ1n) is 8.09. The van der Waals surface area contributed by atoms with Crippen molar-refractivity contribution in [2.24, 2.45) is 0 Å². The molecule has 6 nitrogen and oxygen atoms in total. The smallest absolute Gasteiger partial charge is 0.307 e. The molecule has 0 bridgehead atoms. The molecule has 1 aromatic carbocycles. The first-order chi connectivity index (χ1) is 11.9. The van der Waals surface area contributed by atoms with Crippen LogP contribution >= 0.6 is 11.3 Å². The number of aryl methyl sites for hydroxylation is 1. The van der Waals surface area contributed by atoms with Crippen LogP contribution in [0.25, 0.3) is 0 Å². The summed E-state index contributed by atoms with van der Waals surface area (Å²) >= 11 is 1.61. The number of aromatic nitrogens is 1. The van der Waals surface area contributed by atoms with E-state index in [1.807, 2.05) is 5.38 Å². The molecule has 1 saturated heterocycles. The molecule has 25 heavy (non-hydrogen) atoms. The van der Waals surface area contributed by atoms with Gasteiger partial charge in [-0.2, -0.15) is 4.31 Å². The molecule has 1 aliphatic heterocycles. The van der Waals surface area contributed by atoms with E-state index >= 15 is 0 Å². The zero-order chi connectivity index (χ0) is 18.0. The van der Waals surface area contributed by atoms with E-state index in [4.69, 9.17) is 5.11 Å². The molecule has 2 aromatic rings. The number of carboxylic acids is 1. The molecule has 1 N–H and O–H groups in total. The van der Waals surface area contributed by atoms with Crippen molar-refractivity contribution in [3.8, 4) is 0 Å². The van der Waals surface area contributed by atoms with Gasteiger partial charge in [0.1, 0.15) is 0 Å². The standard InChI is InChI=1S/C17H20N2O4S2/c1-12-2-3-15(10-14(12)11-16(20)21)25(22,23)19-7-4-13(5-8-19)17-18-6-9-24-17/h2-3,6,9-10,13H,4-5,7-8,11H2,1H3,(H,20,21). The number of carbonyl (C=O) groups is 1. The molecule has 8 heteroatoms. The van der Waals surface area contributed by atoms with Crippen molar-refractivity contribution in [1.29, 1.82) is 0 Å². The average molecular weight is 380 g/mol. The number of rotatable bonds is 5. The summed E-state index contributed by atoms with van der Waals surface area (Å²) in [6.07, 6.45) is 3.10. The molecule has 0 saturated carbocycles. The van der Waals surface area contributed by atoms with E-state index < -0.39 is 16.0 Å². The van der Waals surface area contributed by atoms with E-state index in [1.165, 1.54) is 10.4 Å². The van der Waals surface area contributed by atoms with E-state index in [9.17, 15) is 13.2 Å². The molecule has 0 aliphatic carbocycles. The van der Waals surface area contributed by atoms with Gasteiger partial charge in [-0.1, -0.05) is 6.07 Å². The lowest BCUT2D eigenvalue weighted by molar-refractivity contribution is -0.136. The van der Waals surface area contributed by atoms with Gasteiger partial charge in [0, 0.05) is 30.6 Å². The summed E-state index contributed by atoms with van der Waals surface area (Å²) in [5.41, 5.74) is 1.31. The number of carboxylic acid groups (broad SMARTS) is 1. The lowest BCUT2D eigenvalue weighted by Gasteiger charge is -2.30. The summed E-state index contributed by atoms with van der Waals surface area (Å²) in [6, 6.07) is 4.72. The van der Waals surface area contributed by atoms with Gasteiger partial charge in [-0.15, -0.1) is 11.3 Å². The minimum atomic E-state index is -3.61. The van der Waals surface area contributed by atoms with E-state index in [2.05, 4.69) is 4.98 Å². The van der Waals surface area contributed by atoms with Crippen molar-refractivity contribution < 1.29 is 18.3 Å². The van der Waals surface area contributed by atoms with Crippen LogP contribution in [-0.2, 0) is 21.2 Å². The number of aliphatic carboxylic acids is 1. The lowest BCUT2D eigenvalue weighted by Crippen LogP contribution is -2.37. The molecule has 1 aromatic heterocycles. The molecule has 0 radical (unpaired) electrons. The highest BCUT2D eigenvalue weighted by atomic mass is 32.2. The van der Waals surface area contributed by atoms with Crippen LogP contribution in [0.1, 0.15) is 34.9 Å². The van der Waals surface area contributed by atoms with Gasteiger partial charge in [0.15, 0.2) is 0 Å². The number of hydrogen-bond acceptors (Lipinski definition) is 5. The van der Waals surface area contributed by atoms with E-state index in [1.54, 1.807) is 36.6 Å². The van der Waals surface area contributed by atoms with Crippen LogP contribution in [0.5, 0.6) is 0 Å². The van der Waals surface area contributed by atoms with Gasteiger partial charge >= 0.3 is 5.97 Å². The highest BCUT2D eigenvalue weighted by molar-refractivity contribution is 7.89. The quantitative estimate of drug-likeness (QED) is 0.862.